The molecule has 0 spiro atoms. The number of aromatic nitrogens is 2. The van der Waals surface area contributed by atoms with E-state index >= 15 is 0 Å². The lowest BCUT2D eigenvalue weighted by molar-refractivity contribution is -0.155. The van der Waals surface area contributed by atoms with Crippen molar-refractivity contribution in [3.63, 3.8) is 0 Å². The zero-order chi connectivity index (χ0) is 22.7. The van der Waals surface area contributed by atoms with Crippen molar-refractivity contribution in [2.45, 2.75) is 38.7 Å². The van der Waals surface area contributed by atoms with E-state index in [-0.39, 0.29) is 36.0 Å². The van der Waals surface area contributed by atoms with Crippen molar-refractivity contribution in [1.29, 1.82) is 0 Å². The molecule has 0 radical (unpaired) electrons. The van der Waals surface area contributed by atoms with Gasteiger partial charge in [0.1, 0.15) is 42.2 Å². The number of anilines is 2. The van der Waals surface area contributed by atoms with Crippen LogP contribution in [-0.4, -0.2) is 50.5 Å². The van der Waals surface area contributed by atoms with Crippen LogP contribution in [0.2, 0.25) is 0 Å². The predicted molar refractivity (Wildman–Crippen MR) is 110 cm³/mol. The van der Waals surface area contributed by atoms with Gasteiger partial charge < -0.3 is 29.7 Å². The van der Waals surface area contributed by atoms with Crippen molar-refractivity contribution in [3.05, 3.63) is 39.4 Å². The van der Waals surface area contributed by atoms with Crippen molar-refractivity contribution in [2.75, 3.05) is 11.9 Å². The van der Waals surface area contributed by atoms with E-state index in [1.54, 1.807) is 0 Å². The first-order valence-corrected chi connectivity index (χ1v) is 9.97. The molecule has 1 aliphatic rings. The molecular weight excluding hydrogens is 478 g/mol. The van der Waals surface area contributed by atoms with Gasteiger partial charge in [-0.3, -0.25) is 14.2 Å². The summed E-state index contributed by atoms with van der Waals surface area (Å²) in [7, 11) is 0. The molecule has 3 rings (SSSR count). The second-order valence-corrected chi connectivity index (χ2v) is 7.59. The van der Waals surface area contributed by atoms with Crippen LogP contribution in [0.1, 0.15) is 26.5 Å². The van der Waals surface area contributed by atoms with Crippen LogP contribution >= 0.6 is 15.9 Å². The molecule has 1 aromatic carbocycles. The van der Waals surface area contributed by atoms with E-state index in [0.29, 0.717) is 4.47 Å². The van der Waals surface area contributed by atoms with E-state index in [1.165, 1.54) is 42.8 Å². The van der Waals surface area contributed by atoms with E-state index < -0.39 is 36.1 Å². The highest BCUT2D eigenvalue weighted by Crippen LogP contribution is 2.36. The Balaban J connectivity index is 1.84. The summed E-state index contributed by atoms with van der Waals surface area (Å²) in [5.41, 5.74) is -0.707. The number of nitrogens with one attached hydrogen (secondary N) is 1. The molecule has 1 fully saturated rings. The largest absolute Gasteiger partial charge is 0.506 e. The topological polar surface area (TPSA) is 149 Å². The normalized spacial score (nSPS) is 20.3. The van der Waals surface area contributed by atoms with Crippen LogP contribution in [0.3, 0.4) is 0 Å². The predicted octanol–water partition coefficient (Wildman–Crippen LogP) is 1.94. The maximum absolute atomic E-state index is 12.6. The van der Waals surface area contributed by atoms with Crippen molar-refractivity contribution in [1.82, 2.24) is 9.55 Å². The minimum Gasteiger partial charge on any atom is -0.506 e. The molecule has 1 saturated heterocycles. The zero-order valence-corrected chi connectivity index (χ0v) is 18.2. The Morgan fingerprint density at radius 2 is 1.97 bits per heavy atom. The quantitative estimate of drug-likeness (QED) is 0.399. The van der Waals surface area contributed by atoms with Crippen LogP contribution < -0.4 is 11.0 Å². The lowest BCUT2D eigenvalue weighted by atomic mass is 10.2. The minimum atomic E-state index is -0.825. The number of benzene rings is 1. The molecule has 0 aliphatic carbocycles. The number of esters is 2. The Morgan fingerprint density at radius 1 is 1.29 bits per heavy atom. The van der Waals surface area contributed by atoms with E-state index in [2.05, 4.69) is 26.2 Å². The molecule has 31 heavy (non-hydrogen) atoms. The second-order valence-electron chi connectivity index (χ2n) is 6.74. The molecule has 2 aromatic rings. The van der Waals surface area contributed by atoms with Crippen LogP contribution in [0.5, 0.6) is 11.5 Å². The average Bonchev–Trinajstić information content (AvgIpc) is 3.07. The van der Waals surface area contributed by atoms with E-state index in [0.717, 1.165) is 0 Å². The number of halogens is 1. The van der Waals surface area contributed by atoms with Gasteiger partial charge in [-0.05, 0) is 28.1 Å². The van der Waals surface area contributed by atoms with Gasteiger partial charge in [-0.1, -0.05) is 6.07 Å². The number of aromatic hydroxyl groups is 2. The fourth-order valence-corrected chi connectivity index (χ4v) is 3.48. The summed E-state index contributed by atoms with van der Waals surface area (Å²) in [6.07, 6.45) is -0.734. The van der Waals surface area contributed by atoms with Crippen molar-refractivity contribution >= 4 is 39.4 Å². The molecule has 0 amide bonds. The van der Waals surface area contributed by atoms with Gasteiger partial charge in [0, 0.05) is 26.5 Å². The molecule has 3 unspecified atom stereocenters. The number of ether oxygens (including phenoxy) is 3. The summed E-state index contributed by atoms with van der Waals surface area (Å²) >= 11 is 3.30. The molecule has 2 heterocycles. The molecule has 0 saturated carbocycles. The van der Waals surface area contributed by atoms with Gasteiger partial charge in [-0.15, -0.1) is 0 Å². The van der Waals surface area contributed by atoms with Crippen LogP contribution in [0.4, 0.5) is 11.5 Å². The zero-order valence-electron chi connectivity index (χ0n) is 16.6. The number of hydrogen-bond donors (Lipinski definition) is 3. The molecule has 3 atom stereocenters. The van der Waals surface area contributed by atoms with Gasteiger partial charge >= 0.3 is 17.6 Å². The summed E-state index contributed by atoms with van der Waals surface area (Å²) in [5, 5.41) is 22.5. The van der Waals surface area contributed by atoms with Crippen LogP contribution in [0.15, 0.2) is 33.7 Å². The number of para-hydroxylation sites is 1. The number of rotatable bonds is 6. The van der Waals surface area contributed by atoms with Gasteiger partial charge in [0.05, 0.1) is 4.47 Å². The maximum atomic E-state index is 12.6. The van der Waals surface area contributed by atoms with Crippen molar-refractivity contribution < 1.29 is 34.0 Å². The van der Waals surface area contributed by atoms with Gasteiger partial charge in [0.25, 0.3) is 0 Å². The first-order chi connectivity index (χ1) is 14.7. The second kappa shape index (κ2) is 9.35. The SMILES string of the molecule is CC(=O)OCC1OC(n2cc(Br)c(Nc3c(O)cccc3O)nc2=O)CC1OC(C)=O. The molecule has 3 N–H and O–H groups in total. The van der Waals surface area contributed by atoms with E-state index in [1.807, 2.05) is 0 Å². The molecule has 0 bridgehead atoms. The highest BCUT2D eigenvalue weighted by molar-refractivity contribution is 9.10. The summed E-state index contributed by atoms with van der Waals surface area (Å²) < 4.78 is 17.5. The number of phenolic OH excluding ortho intramolecular Hbond substituents is 2. The lowest BCUT2D eigenvalue weighted by Gasteiger charge is -2.18. The molecule has 11 nitrogen and oxygen atoms in total. The van der Waals surface area contributed by atoms with Crippen LogP contribution in [0, 0.1) is 0 Å². The summed E-state index contributed by atoms with van der Waals surface area (Å²) in [5.74, 6) is -1.44. The number of hydrogen-bond acceptors (Lipinski definition) is 10. The smallest absolute Gasteiger partial charge is 0.351 e. The van der Waals surface area contributed by atoms with Gasteiger partial charge in [-0.2, -0.15) is 4.98 Å². The van der Waals surface area contributed by atoms with Crippen molar-refractivity contribution in [2.24, 2.45) is 0 Å². The lowest BCUT2D eigenvalue weighted by Crippen LogP contribution is -2.31. The van der Waals surface area contributed by atoms with Crippen LogP contribution in [0.25, 0.3) is 0 Å². The molecule has 12 heteroatoms. The molecular formula is C19H20BrN3O8. The van der Waals surface area contributed by atoms with E-state index in [9.17, 15) is 24.6 Å². The van der Waals surface area contributed by atoms with Gasteiger partial charge in [0.15, 0.2) is 5.82 Å². The third-order valence-corrected chi connectivity index (χ3v) is 5.01. The van der Waals surface area contributed by atoms with Gasteiger partial charge in [0.2, 0.25) is 0 Å². The summed E-state index contributed by atoms with van der Waals surface area (Å²) in [4.78, 5) is 39.1. The highest BCUT2D eigenvalue weighted by Gasteiger charge is 2.39. The number of carbonyl (C=O) groups excluding carboxylic acids is 2. The summed E-state index contributed by atoms with van der Waals surface area (Å²) in [6.45, 7) is 2.35. The fourth-order valence-electron chi connectivity index (χ4n) is 3.07. The first kappa shape index (κ1) is 22.6. The Hall–Kier alpha value is -3.12. The van der Waals surface area contributed by atoms with Crippen molar-refractivity contribution in [3.8, 4) is 11.5 Å². The monoisotopic (exact) mass is 497 g/mol. The Bertz CT molecular complexity index is 1040. The Labute approximate surface area is 184 Å². The Kier molecular flexibility index (Phi) is 6.81. The number of phenols is 2. The average molecular weight is 498 g/mol. The first-order valence-electron chi connectivity index (χ1n) is 9.18. The number of carbonyl (C=O) groups is 2. The molecule has 166 valence electrons. The molecule has 1 aromatic heterocycles. The third kappa shape index (κ3) is 5.33. The molecule has 1 aliphatic heterocycles. The highest BCUT2D eigenvalue weighted by atomic mass is 79.9. The standard InChI is InChI=1S/C19H20BrN3O8/c1-9(24)29-8-15-14(30-10(2)25)6-16(31-15)23-7-11(20)18(22-19(23)28)21-17-12(26)4-3-5-13(17)27/h3-5,7,14-16,26-27H,6,8H2,1-2H3,(H,21,22,28). The fraction of sp³-hybridized carbons (Fsp3) is 0.368. The van der Waals surface area contributed by atoms with E-state index in [4.69, 9.17) is 14.2 Å². The number of nitrogens with zero attached hydrogens (tertiary/aromatic N) is 2. The summed E-state index contributed by atoms with van der Waals surface area (Å²) in [6, 6.07) is 4.18. The van der Waals surface area contributed by atoms with Crippen LogP contribution in [-0.2, 0) is 23.8 Å². The maximum Gasteiger partial charge on any atom is 0.351 e. The van der Waals surface area contributed by atoms with Gasteiger partial charge in [-0.25, -0.2) is 4.79 Å². The third-order valence-electron chi connectivity index (χ3n) is 4.43. The minimum absolute atomic E-state index is 0.0127. The Morgan fingerprint density at radius 3 is 2.58 bits per heavy atom.